The van der Waals surface area contributed by atoms with E-state index in [-0.39, 0.29) is 18.0 Å². The number of nitrogens with one attached hydrogen (secondary N) is 2. The molecule has 1 aliphatic rings. The molecule has 0 unspecified atom stereocenters. The molecule has 0 saturated carbocycles. The molecule has 0 atom stereocenters. The minimum atomic E-state index is -0.287. The lowest BCUT2D eigenvalue weighted by Gasteiger charge is -2.31. The molecule has 3 rings (SSSR count). The molecule has 2 aromatic rings. The number of likely N-dealkylation sites (tertiary alicyclic amines) is 1. The van der Waals surface area contributed by atoms with Gasteiger partial charge in [-0.3, -0.25) is 0 Å². The van der Waals surface area contributed by atoms with Crippen molar-refractivity contribution in [3.8, 4) is 0 Å². The van der Waals surface area contributed by atoms with Gasteiger partial charge < -0.3 is 19.9 Å². The summed E-state index contributed by atoms with van der Waals surface area (Å²) >= 11 is 0. The van der Waals surface area contributed by atoms with E-state index < -0.39 is 0 Å². The predicted molar refractivity (Wildman–Crippen MR) is 81.3 cm³/mol. The Morgan fingerprint density at radius 1 is 1.50 bits per heavy atom. The standard InChI is InChI=1S/C15H19FN4O2/c1-2-22-15(21)20-7-5-11(6-8-20)17-14-18-12-4-3-10(16)9-13(12)19-14/h3-4,9,11H,2,5-8H2,1H3,(H2,17,18,19). The number of halogens is 1. The van der Waals surface area contributed by atoms with Crippen molar-refractivity contribution in [2.24, 2.45) is 0 Å². The Bertz CT molecular complexity index is 665. The van der Waals surface area contributed by atoms with Crippen LogP contribution in [0.3, 0.4) is 0 Å². The molecule has 6 nitrogen and oxygen atoms in total. The van der Waals surface area contributed by atoms with Gasteiger partial charge in [0.25, 0.3) is 0 Å². The maximum atomic E-state index is 13.2. The highest BCUT2D eigenvalue weighted by Gasteiger charge is 2.23. The molecule has 0 radical (unpaired) electrons. The van der Waals surface area contributed by atoms with Crippen molar-refractivity contribution in [2.45, 2.75) is 25.8 Å². The molecule has 1 aromatic heterocycles. The van der Waals surface area contributed by atoms with Crippen LogP contribution >= 0.6 is 0 Å². The summed E-state index contributed by atoms with van der Waals surface area (Å²) in [5.41, 5.74) is 1.40. The second-order valence-corrected chi connectivity index (χ2v) is 5.35. The molecule has 0 spiro atoms. The third-order valence-electron chi connectivity index (χ3n) is 3.81. The Kier molecular flexibility index (Phi) is 4.13. The summed E-state index contributed by atoms with van der Waals surface area (Å²) in [6.45, 7) is 3.51. The highest BCUT2D eigenvalue weighted by molar-refractivity contribution is 5.77. The van der Waals surface area contributed by atoms with Gasteiger partial charge in [0, 0.05) is 19.1 Å². The van der Waals surface area contributed by atoms with Crippen molar-refractivity contribution < 1.29 is 13.9 Å². The number of imidazole rings is 1. The number of fused-ring (bicyclic) bond motifs is 1. The second kappa shape index (κ2) is 6.21. The van der Waals surface area contributed by atoms with Crippen molar-refractivity contribution >= 4 is 23.1 Å². The first-order valence-corrected chi connectivity index (χ1v) is 7.49. The van der Waals surface area contributed by atoms with Gasteiger partial charge >= 0.3 is 6.09 Å². The monoisotopic (exact) mass is 306 g/mol. The largest absolute Gasteiger partial charge is 0.450 e. The van der Waals surface area contributed by atoms with E-state index in [4.69, 9.17) is 4.74 Å². The zero-order valence-corrected chi connectivity index (χ0v) is 12.4. The lowest BCUT2D eigenvalue weighted by molar-refractivity contribution is 0.0983. The van der Waals surface area contributed by atoms with Gasteiger partial charge in [-0.2, -0.15) is 0 Å². The molecule has 1 aliphatic heterocycles. The third kappa shape index (κ3) is 3.13. The smallest absolute Gasteiger partial charge is 0.409 e. The first kappa shape index (κ1) is 14.6. The van der Waals surface area contributed by atoms with Crippen LogP contribution in [0.4, 0.5) is 15.1 Å². The molecule has 2 N–H and O–H groups in total. The van der Waals surface area contributed by atoms with E-state index in [2.05, 4.69) is 15.3 Å². The van der Waals surface area contributed by atoms with E-state index in [1.54, 1.807) is 17.9 Å². The summed E-state index contributed by atoms with van der Waals surface area (Å²) in [6, 6.07) is 4.70. The lowest BCUT2D eigenvalue weighted by Crippen LogP contribution is -2.42. The van der Waals surface area contributed by atoms with Gasteiger partial charge in [0.15, 0.2) is 0 Å². The summed E-state index contributed by atoms with van der Waals surface area (Å²) in [4.78, 5) is 20.8. The Hall–Kier alpha value is -2.31. The number of aromatic nitrogens is 2. The van der Waals surface area contributed by atoms with Crippen molar-refractivity contribution in [3.63, 3.8) is 0 Å². The number of hydrogen-bond acceptors (Lipinski definition) is 4. The van der Waals surface area contributed by atoms with Crippen LogP contribution in [0.25, 0.3) is 11.0 Å². The molecule has 118 valence electrons. The molecule has 1 saturated heterocycles. The maximum absolute atomic E-state index is 13.2. The number of carbonyl (C=O) groups excluding carboxylic acids is 1. The number of hydrogen-bond donors (Lipinski definition) is 2. The Morgan fingerprint density at radius 3 is 3.00 bits per heavy atom. The summed E-state index contributed by atoms with van der Waals surface area (Å²) in [5, 5.41) is 3.31. The summed E-state index contributed by atoms with van der Waals surface area (Å²) in [7, 11) is 0. The number of anilines is 1. The first-order valence-electron chi connectivity index (χ1n) is 7.49. The normalized spacial score (nSPS) is 16.0. The number of rotatable bonds is 3. The Labute approximate surface area is 127 Å². The summed E-state index contributed by atoms with van der Waals surface area (Å²) in [6.07, 6.45) is 1.40. The van der Waals surface area contributed by atoms with Crippen LogP contribution in [-0.2, 0) is 4.74 Å². The average Bonchev–Trinajstić information content (AvgIpc) is 2.89. The van der Waals surface area contributed by atoms with Crippen molar-refractivity contribution in [1.82, 2.24) is 14.9 Å². The topological polar surface area (TPSA) is 70.2 Å². The molecule has 7 heteroatoms. The van der Waals surface area contributed by atoms with Gasteiger partial charge in [-0.25, -0.2) is 14.2 Å². The minimum absolute atomic E-state index is 0.232. The van der Waals surface area contributed by atoms with Crippen LogP contribution in [-0.4, -0.2) is 46.7 Å². The molecule has 2 heterocycles. The molecule has 22 heavy (non-hydrogen) atoms. The summed E-state index contributed by atoms with van der Waals surface area (Å²) < 4.78 is 18.2. The van der Waals surface area contributed by atoms with Gasteiger partial charge in [-0.1, -0.05) is 0 Å². The number of amides is 1. The molecule has 0 bridgehead atoms. The number of carbonyl (C=O) groups is 1. The molecular formula is C15H19FN4O2. The quantitative estimate of drug-likeness (QED) is 0.915. The second-order valence-electron chi connectivity index (χ2n) is 5.35. The van der Waals surface area contributed by atoms with Crippen LogP contribution in [0.15, 0.2) is 18.2 Å². The summed E-state index contributed by atoms with van der Waals surface area (Å²) in [5.74, 6) is 0.348. The molecule has 1 amide bonds. The van der Waals surface area contributed by atoms with Gasteiger partial charge in [-0.15, -0.1) is 0 Å². The first-order chi connectivity index (χ1) is 10.7. The van der Waals surface area contributed by atoms with Crippen molar-refractivity contribution in [3.05, 3.63) is 24.0 Å². The molecule has 1 fully saturated rings. The van der Waals surface area contributed by atoms with Gasteiger partial charge in [0.1, 0.15) is 5.82 Å². The number of nitrogens with zero attached hydrogens (tertiary/aromatic N) is 2. The molecule has 1 aromatic carbocycles. The highest BCUT2D eigenvalue weighted by Crippen LogP contribution is 2.19. The SMILES string of the molecule is CCOC(=O)N1CCC(Nc2nc3ccc(F)cc3[nH]2)CC1. The Morgan fingerprint density at radius 2 is 2.27 bits per heavy atom. The third-order valence-corrected chi connectivity index (χ3v) is 3.81. The van der Waals surface area contributed by atoms with Crippen molar-refractivity contribution in [1.29, 1.82) is 0 Å². The number of piperidine rings is 1. The fourth-order valence-corrected chi connectivity index (χ4v) is 2.66. The van der Waals surface area contributed by atoms with E-state index in [0.717, 1.165) is 18.4 Å². The zero-order valence-electron chi connectivity index (χ0n) is 12.4. The van der Waals surface area contributed by atoms with Crippen LogP contribution in [0.2, 0.25) is 0 Å². The maximum Gasteiger partial charge on any atom is 0.409 e. The van der Waals surface area contributed by atoms with E-state index >= 15 is 0 Å². The fourth-order valence-electron chi connectivity index (χ4n) is 2.66. The number of benzene rings is 1. The van der Waals surface area contributed by atoms with E-state index in [1.165, 1.54) is 12.1 Å². The van der Waals surface area contributed by atoms with Crippen LogP contribution < -0.4 is 5.32 Å². The minimum Gasteiger partial charge on any atom is -0.450 e. The van der Waals surface area contributed by atoms with Crippen LogP contribution in [0, 0.1) is 5.82 Å². The Balaban J connectivity index is 1.58. The van der Waals surface area contributed by atoms with Crippen LogP contribution in [0.5, 0.6) is 0 Å². The van der Waals surface area contributed by atoms with Crippen molar-refractivity contribution in [2.75, 3.05) is 25.0 Å². The number of aromatic amines is 1. The number of H-pyrrole nitrogens is 1. The highest BCUT2D eigenvalue weighted by atomic mass is 19.1. The van der Waals surface area contributed by atoms with Gasteiger partial charge in [0.2, 0.25) is 5.95 Å². The fraction of sp³-hybridized carbons (Fsp3) is 0.467. The molecular weight excluding hydrogens is 287 g/mol. The zero-order chi connectivity index (χ0) is 15.5. The lowest BCUT2D eigenvalue weighted by atomic mass is 10.1. The van der Waals surface area contributed by atoms with E-state index in [9.17, 15) is 9.18 Å². The predicted octanol–water partition coefficient (Wildman–Crippen LogP) is 2.73. The van der Waals surface area contributed by atoms with E-state index in [1.807, 2.05) is 0 Å². The average molecular weight is 306 g/mol. The van der Waals surface area contributed by atoms with Gasteiger partial charge in [0.05, 0.1) is 17.6 Å². The molecule has 0 aliphatic carbocycles. The van der Waals surface area contributed by atoms with E-state index in [0.29, 0.717) is 31.2 Å². The number of ether oxygens (including phenoxy) is 1. The van der Waals surface area contributed by atoms with Crippen LogP contribution in [0.1, 0.15) is 19.8 Å². The van der Waals surface area contributed by atoms with Gasteiger partial charge in [-0.05, 0) is 38.0 Å².